The molecule has 1 heterocycles. The third-order valence-corrected chi connectivity index (χ3v) is 4.61. The molecule has 2 atom stereocenters. The molecular weight excluding hydrogens is 302 g/mol. The molecule has 4 nitrogen and oxygen atoms in total. The van der Waals surface area contributed by atoms with Crippen LogP contribution in [0, 0.1) is 5.92 Å². The van der Waals surface area contributed by atoms with E-state index >= 15 is 0 Å². The molecule has 1 amide bonds. The number of carbonyl (C=O) groups is 1. The van der Waals surface area contributed by atoms with E-state index in [-0.39, 0.29) is 5.91 Å². The van der Waals surface area contributed by atoms with Crippen LogP contribution in [0.2, 0.25) is 0 Å². The topological polar surface area (TPSA) is 49.8 Å². The maximum Gasteiger partial charge on any atom is 0.256 e. The van der Waals surface area contributed by atoms with Crippen molar-refractivity contribution in [3.8, 4) is 5.75 Å². The fraction of sp³-hybridized carbons (Fsp3) is 0.350. The number of rotatable bonds is 5. The number of ether oxygens (including phenoxy) is 1. The molecule has 126 valence electrons. The summed E-state index contributed by atoms with van der Waals surface area (Å²) in [6.07, 6.45) is 0.821. The highest BCUT2D eigenvalue weighted by molar-refractivity contribution is 5.82. The second kappa shape index (κ2) is 7.49. The minimum absolute atomic E-state index is 0.223. The highest BCUT2D eigenvalue weighted by Crippen LogP contribution is 2.26. The van der Waals surface area contributed by atoms with Crippen LogP contribution in [0.1, 0.15) is 23.7 Å². The summed E-state index contributed by atoms with van der Waals surface area (Å²) in [6, 6.07) is 17.4. The van der Waals surface area contributed by atoms with Gasteiger partial charge in [-0.15, -0.1) is 0 Å². The molecule has 2 aromatic rings. The first-order valence-corrected chi connectivity index (χ1v) is 8.32. The van der Waals surface area contributed by atoms with Gasteiger partial charge in [0, 0.05) is 13.1 Å². The highest BCUT2D eigenvalue weighted by atomic mass is 16.5. The predicted octanol–water partition coefficient (Wildman–Crippen LogP) is 2.82. The van der Waals surface area contributed by atoms with E-state index in [4.69, 9.17) is 4.74 Å². The second-order valence-electron chi connectivity index (χ2n) is 6.31. The molecule has 3 rings (SSSR count). The van der Waals surface area contributed by atoms with E-state index in [1.165, 1.54) is 5.56 Å². The van der Waals surface area contributed by atoms with Gasteiger partial charge in [-0.05, 0) is 42.0 Å². The zero-order valence-electron chi connectivity index (χ0n) is 13.9. The number of carbonyl (C=O) groups excluding carboxylic acids is 1. The highest BCUT2D eigenvalue weighted by Gasteiger charge is 2.30. The summed E-state index contributed by atoms with van der Waals surface area (Å²) in [7, 11) is 1.57. The molecule has 1 aliphatic rings. The summed E-state index contributed by atoms with van der Waals surface area (Å²) in [5, 5.41) is 10.4. The van der Waals surface area contributed by atoms with Gasteiger partial charge in [0.1, 0.15) is 5.75 Å². The van der Waals surface area contributed by atoms with E-state index in [0.29, 0.717) is 30.3 Å². The molecular formula is C20H23NO3. The molecule has 2 unspecified atom stereocenters. The van der Waals surface area contributed by atoms with Gasteiger partial charge >= 0.3 is 0 Å². The van der Waals surface area contributed by atoms with Gasteiger partial charge in [-0.1, -0.05) is 42.5 Å². The van der Waals surface area contributed by atoms with Gasteiger partial charge in [-0.2, -0.15) is 0 Å². The molecule has 24 heavy (non-hydrogen) atoms. The lowest BCUT2D eigenvalue weighted by molar-refractivity contribution is -0.139. The Hall–Kier alpha value is -2.33. The van der Waals surface area contributed by atoms with E-state index in [9.17, 15) is 9.90 Å². The van der Waals surface area contributed by atoms with Crippen LogP contribution in [0.5, 0.6) is 5.75 Å². The Balaban J connectivity index is 1.61. The van der Waals surface area contributed by atoms with Crippen molar-refractivity contribution in [1.29, 1.82) is 0 Å². The molecule has 1 saturated heterocycles. The fourth-order valence-electron chi connectivity index (χ4n) is 3.27. The number of hydrogen-bond donors (Lipinski definition) is 1. The number of aliphatic hydroxyl groups is 1. The number of methoxy groups -OCH3 is 1. The molecule has 1 aliphatic heterocycles. The number of aliphatic hydroxyl groups excluding tert-OH is 1. The minimum atomic E-state index is -1.13. The molecule has 0 spiro atoms. The summed E-state index contributed by atoms with van der Waals surface area (Å²) in [4.78, 5) is 14.4. The molecule has 0 bridgehead atoms. The third kappa shape index (κ3) is 3.77. The minimum Gasteiger partial charge on any atom is -0.497 e. The molecule has 0 aromatic heterocycles. The fourth-order valence-corrected chi connectivity index (χ4v) is 3.27. The van der Waals surface area contributed by atoms with Crippen molar-refractivity contribution >= 4 is 5.91 Å². The Bertz CT molecular complexity index is 686. The van der Waals surface area contributed by atoms with Crippen LogP contribution in [0.4, 0.5) is 0 Å². The summed E-state index contributed by atoms with van der Waals surface area (Å²) >= 11 is 0. The van der Waals surface area contributed by atoms with Crippen molar-refractivity contribution in [3.05, 3.63) is 65.7 Å². The van der Waals surface area contributed by atoms with Gasteiger partial charge in [0.2, 0.25) is 0 Å². The van der Waals surface area contributed by atoms with Crippen LogP contribution in [0.3, 0.4) is 0 Å². The maximum absolute atomic E-state index is 12.6. The first-order valence-electron chi connectivity index (χ1n) is 8.32. The van der Waals surface area contributed by atoms with Crippen molar-refractivity contribution in [3.63, 3.8) is 0 Å². The van der Waals surface area contributed by atoms with Gasteiger partial charge in [0.25, 0.3) is 5.91 Å². The number of hydrogen-bond acceptors (Lipinski definition) is 3. The maximum atomic E-state index is 12.6. The van der Waals surface area contributed by atoms with Crippen LogP contribution < -0.4 is 4.74 Å². The normalized spacial score (nSPS) is 18.4. The first kappa shape index (κ1) is 16.5. The van der Waals surface area contributed by atoms with E-state index in [1.54, 1.807) is 36.3 Å². The van der Waals surface area contributed by atoms with Gasteiger partial charge in [0.05, 0.1) is 7.11 Å². The summed E-state index contributed by atoms with van der Waals surface area (Å²) in [5.41, 5.74) is 1.87. The van der Waals surface area contributed by atoms with Gasteiger partial charge in [0.15, 0.2) is 6.10 Å². The van der Waals surface area contributed by atoms with Gasteiger partial charge in [-0.25, -0.2) is 0 Å². The van der Waals surface area contributed by atoms with E-state index in [0.717, 1.165) is 12.8 Å². The van der Waals surface area contributed by atoms with Crippen molar-refractivity contribution in [2.24, 2.45) is 5.92 Å². The lowest BCUT2D eigenvalue weighted by atomic mass is 9.99. The number of amides is 1. The smallest absolute Gasteiger partial charge is 0.256 e. The second-order valence-corrected chi connectivity index (χ2v) is 6.31. The molecule has 0 radical (unpaired) electrons. The monoisotopic (exact) mass is 325 g/mol. The van der Waals surface area contributed by atoms with Crippen molar-refractivity contribution < 1.29 is 14.6 Å². The van der Waals surface area contributed by atoms with E-state index in [2.05, 4.69) is 12.1 Å². The SMILES string of the molecule is COc1cccc(C(O)C(=O)N2CCC(Cc3ccccc3)C2)c1. The lowest BCUT2D eigenvalue weighted by Gasteiger charge is -2.21. The Morgan fingerprint density at radius 3 is 2.79 bits per heavy atom. The van der Waals surface area contributed by atoms with Gasteiger partial charge < -0.3 is 14.7 Å². The number of nitrogens with zero attached hydrogens (tertiary/aromatic N) is 1. The Labute approximate surface area is 142 Å². The molecule has 2 aromatic carbocycles. The molecule has 0 aliphatic carbocycles. The molecule has 1 fully saturated rings. The summed E-state index contributed by atoms with van der Waals surface area (Å²) < 4.78 is 5.16. The van der Waals surface area contributed by atoms with E-state index < -0.39 is 6.10 Å². The zero-order chi connectivity index (χ0) is 16.9. The number of likely N-dealkylation sites (tertiary alicyclic amines) is 1. The predicted molar refractivity (Wildman–Crippen MR) is 92.8 cm³/mol. The van der Waals surface area contributed by atoms with Crippen LogP contribution in [0.15, 0.2) is 54.6 Å². The Morgan fingerprint density at radius 2 is 2.04 bits per heavy atom. The van der Waals surface area contributed by atoms with Crippen LogP contribution in [-0.4, -0.2) is 36.1 Å². The van der Waals surface area contributed by atoms with Crippen LogP contribution in [-0.2, 0) is 11.2 Å². The van der Waals surface area contributed by atoms with Gasteiger partial charge in [-0.3, -0.25) is 4.79 Å². The average molecular weight is 325 g/mol. The van der Waals surface area contributed by atoms with Crippen molar-refractivity contribution in [2.45, 2.75) is 18.9 Å². The van der Waals surface area contributed by atoms with Crippen molar-refractivity contribution in [2.75, 3.05) is 20.2 Å². The summed E-state index contributed by atoms with van der Waals surface area (Å²) in [6.45, 7) is 1.41. The lowest BCUT2D eigenvalue weighted by Crippen LogP contribution is -2.33. The quantitative estimate of drug-likeness (QED) is 0.920. The standard InChI is InChI=1S/C20H23NO3/c1-24-18-9-5-8-17(13-18)19(22)20(23)21-11-10-16(14-21)12-15-6-3-2-4-7-15/h2-9,13,16,19,22H,10-12,14H2,1H3. The molecule has 4 heteroatoms. The number of benzene rings is 2. The zero-order valence-corrected chi connectivity index (χ0v) is 13.9. The third-order valence-electron chi connectivity index (χ3n) is 4.61. The van der Waals surface area contributed by atoms with Crippen LogP contribution in [0.25, 0.3) is 0 Å². The average Bonchev–Trinajstić information content (AvgIpc) is 3.10. The van der Waals surface area contributed by atoms with Crippen molar-refractivity contribution in [1.82, 2.24) is 4.90 Å². The first-order chi connectivity index (χ1) is 11.7. The van der Waals surface area contributed by atoms with E-state index in [1.807, 2.05) is 18.2 Å². The molecule has 1 N–H and O–H groups in total. The summed E-state index contributed by atoms with van der Waals surface area (Å²) in [5.74, 6) is 0.871. The Morgan fingerprint density at radius 1 is 1.25 bits per heavy atom. The largest absolute Gasteiger partial charge is 0.497 e. The van der Waals surface area contributed by atoms with Crippen LogP contribution >= 0.6 is 0 Å². The Kier molecular flexibility index (Phi) is 5.16. The molecule has 0 saturated carbocycles.